The molecule has 69 heavy (non-hydrogen) atoms. The van der Waals surface area contributed by atoms with Gasteiger partial charge in [0, 0.05) is 13.0 Å². The molecule has 1 heterocycles. The highest BCUT2D eigenvalue weighted by Crippen LogP contribution is 2.23. The summed E-state index contributed by atoms with van der Waals surface area (Å²) in [4.78, 5) is 12.9. The van der Waals surface area contributed by atoms with Crippen LogP contribution >= 0.6 is 0 Å². The summed E-state index contributed by atoms with van der Waals surface area (Å²) < 4.78 is 23.0. The summed E-state index contributed by atoms with van der Waals surface area (Å²) in [6, 6.07) is 0. The third-order valence-electron chi connectivity index (χ3n) is 14.8. The predicted molar refractivity (Wildman–Crippen MR) is 289 cm³/mol. The summed E-state index contributed by atoms with van der Waals surface area (Å²) >= 11 is 0. The molecule has 1 fully saturated rings. The van der Waals surface area contributed by atoms with E-state index in [1.807, 2.05) is 0 Å². The summed E-state index contributed by atoms with van der Waals surface area (Å²) in [5.74, 6) is -0.302. The highest BCUT2D eigenvalue weighted by molar-refractivity contribution is 5.69. The Labute approximate surface area is 427 Å². The van der Waals surface area contributed by atoms with E-state index in [0.717, 1.165) is 32.1 Å². The van der Waals surface area contributed by atoms with Crippen LogP contribution in [0.3, 0.4) is 0 Å². The first-order valence-electron chi connectivity index (χ1n) is 30.6. The Hall–Kier alpha value is -0.810. The van der Waals surface area contributed by atoms with E-state index in [2.05, 4.69) is 13.8 Å². The minimum Gasteiger partial charge on any atom is -0.457 e. The molecule has 0 aliphatic carbocycles. The lowest BCUT2D eigenvalue weighted by Crippen LogP contribution is -2.59. The van der Waals surface area contributed by atoms with E-state index in [1.54, 1.807) is 0 Å². The summed E-state index contributed by atoms with van der Waals surface area (Å²) in [6.07, 6.45) is 54.5. The molecule has 6 atom stereocenters. The van der Waals surface area contributed by atoms with Gasteiger partial charge in [-0.3, -0.25) is 4.79 Å². The van der Waals surface area contributed by atoms with Crippen molar-refractivity contribution in [3.05, 3.63) is 0 Å². The number of hydrogen-bond donors (Lipinski definition) is 4. The number of carbonyl (C=O) groups excluding carboxylic acids is 1. The molecule has 0 spiro atoms. The van der Waals surface area contributed by atoms with Gasteiger partial charge in [-0.15, -0.1) is 0 Å². The fourth-order valence-electron chi connectivity index (χ4n) is 10.0. The fourth-order valence-corrected chi connectivity index (χ4v) is 10.0. The van der Waals surface area contributed by atoms with E-state index < -0.39 is 43.4 Å². The van der Waals surface area contributed by atoms with Crippen LogP contribution in [0.5, 0.6) is 0 Å². The van der Waals surface area contributed by atoms with Gasteiger partial charge in [0.2, 0.25) is 0 Å². The Morgan fingerprint density at radius 2 is 0.710 bits per heavy atom. The topological polar surface area (TPSA) is 135 Å². The van der Waals surface area contributed by atoms with Crippen LogP contribution in [-0.2, 0) is 23.7 Å². The number of ether oxygens (including phenoxy) is 4. The molecule has 0 bridgehead atoms. The average molecular weight is 984 g/mol. The maximum Gasteiger partial charge on any atom is 0.306 e. The third-order valence-corrected chi connectivity index (χ3v) is 14.8. The summed E-state index contributed by atoms with van der Waals surface area (Å²) in [6.45, 7) is 4.66. The van der Waals surface area contributed by atoms with Crippen LogP contribution in [-0.4, -0.2) is 89.6 Å². The minimum absolute atomic E-state index is 0.104. The summed E-state index contributed by atoms with van der Waals surface area (Å²) in [5, 5.41) is 40.4. The first kappa shape index (κ1) is 66.2. The molecule has 1 saturated heterocycles. The largest absolute Gasteiger partial charge is 0.457 e. The zero-order valence-corrected chi connectivity index (χ0v) is 45.9. The lowest BCUT2D eigenvalue weighted by molar-refractivity contribution is -0.305. The van der Waals surface area contributed by atoms with Gasteiger partial charge in [0.25, 0.3) is 0 Å². The smallest absolute Gasteiger partial charge is 0.306 e. The molecule has 1 aliphatic heterocycles. The quantitative estimate of drug-likeness (QED) is 0.0347. The summed E-state index contributed by atoms with van der Waals surface area (Å²) in [7, 11) is 0. The Balaban J connectivity index is 2.10. The molecule has 0 saturated carbocycles. The molecule has 4 N–H and O–H groups in total. The maximum atomic E-state index is 12.9. The number of aliphatic hydroxyl groups excluding tert-OH is 4. The van der Waals surface area contributed by atoms with Crippen molar-refractivity contribution in [2.45, 2.75) is 352 Å². The molecule has 9 heteroatoms. The second-order valence-corrected chi connectivity index (χ2v) is 21.5. The second-order valence-electron chi connectivity index (χ2n) is 21.5. The molecule has 1 aliphatic rings. The Morgan fingerprint density at radius 3 is 1.03 bits per heavy atom. The van der Waals surface area contributed by atoms with Crippen LogP contribution in [0, 0.1) is 0 Å². The van der Waals surface area contributed by atoms with Crippen LogP contribution < -0.4 is 0 Å². The lowest BCUT2D eigenvalue weighted by atomic mass is 9.99. The molecule has 0 amide bonds. The third kappa shape index (κ3) is 42.3. The second kappa shape index (κ2) is 52.1. The van der Waals surface area contributed by atoms with Gasteiger partial charge in [0.05, 0.1) is 19.8 Å². The molecule has 0 aromatic heterocycles. The number of hydrogen-bond acceptors (Lipinski definition) is 9. The fraction of sp³-hybridized carbons (Fsp3) is 0.983. The van der Waals surface area contributed by atoms with Crippen LogP contribution in [0.4, 0.5) is 0 Å². The molecule has 6 unspecified atom stereocenters. The Morgan fingerprint density at radius 1 is 0.406 bits per heavy atom. The predicted octanol–water partition coefficient (Wildman–Crippen LogP) is 16.1. The highest BCUT2D eigenvalue weighted by atomic mass is 16.7. The molecular formula is C60H118O9. The number of rotatable bonds is 55. The van der Waals surface area contributed by atoms with E-state index in [1.165, 1.54) is 263 Å². The van der Waals surface area contributed by atoms with E-state index >= 15 is 0 Å². The van der Waals surface area contributed by atoms with Crippen molar-refractivity contribution in [1.82, 2.24) is 0 Å². The molecule has 0 aromatic carbocycles. The molecule has 0 radical (unpaired) electrons. The van der Waals surface area contributed by atoms with Gasteiger partial charge in [-0.05, 0) is 12.8 Å². The number of esters is 1. The van der Waals surface area contributed by atoms with Gasteiger partial charge < -0.3 is 39.4 Å². The van der Waals surface area contributed by atoms with E-state index in [9.17, 15) is 25.2 Å². The van der Waals surface area contributed by atoms with Crippen molar-refractivity contribution in [2.75, 3.05) is 26.4 Å². The molecule has 412 valence electrons. The van der Waals surface area contributed by atoms with Crippen molar-refractivity contribution < 1.29 is 44.2 Å². The van der Waals surface area contributed by atoms with Crippen LogP contribution in [0.1, 0.15) is 316 Å². The van der Waals surface area contributed by atoms with E-state index in [4.69, 9.17) is 18.9 Å². The van der Waals surface area contributed by atoms with Crippen molar-refractivity contribution in [1.29, 1.82) is 0 Å². The van der Waals surface area contributed by atoms with Crippen LogP contribution in [0.25, 0.3) is 0 Å². The standard InChI is InChI=1S/C60H118O9/c1-3-5-7-9-11-13-15-17-19-21-23-25-27-29-31-33-35-37-39-41-43-45-47-49-56(62)68-54(53-67-60-59(65)58(64)57(63)55(51-61)69-60)52-66-50-48-46-44-42-40-38-36-34-32-30-28-26-24-22-20-18-16-14-12-10-8-6-4-2/h54-55,57-61,63-65H,3-53H2,1-2H3. The van der Waals surface area contributed by atoms with Crippen LogP contribution in [0.2, 0.25) is 0 Å². The van der Waals surface area contributed by atoms with Crippen LogP contribution in [0.15, 0.2) is 0 Å². The van der Waals surface area contributed by atoms with Gasteiger partial charge in [0.1, 0.15) is 30.5 Å². The van der Waals surface area contributed by atoms with E-state index in [-0.39, 0.29) is 19.2 Å². The highest BCUT2D eigenvalue weighted by Gasteiger charge is 2.44. The number of aliphatic hydroxyl groups is 4. The van der Waals surface area contributed by atoms with Gasteiger partial charge in [0.15, 0.2) is 6.29 Å². The summed E-state index contributed by atoms with van der Waals surface area (Å²) in [5.41, 5.74) is 0. The van der Waals surface area contributed by atoms with E-state index in [0.29, 0.717) is 13.0 Å². The normalized spacial score (nSPS) is 18.8. The Kier molecular flexibility index (Phi) is 50.0. The van der Waals surface area contributed by atoms with Crippen molar-refractivity contribution in [2.24, 2.45) is 0 Å². The zero-order chi connectivity index (χ0) is 49.9. The molecular weight excluding hydrogens is 865 g/mol. The van der Waals surface area contributed by atoms with Gasteiger partial charge in [-0.1, -0.05) is 296 Å². The minimum atomic E-state index is -1.53. The number of carbonyl (C=O) groups is 1. The number of unbranched alkanes of at least 4 members (excludes halogenated alkanes) is 44. The monoisotopic (exact) mass is 983 g/mol. The van der Waals surface area contributed by atoms with Crippen molar-refractivity contribution in [3.63, 3.8) is 0 Å². The molecule has 0 aromatic rings. The molecule has 9 nitrogen and oxygen atoms in total. The van der Waals surface area contributed by atoms with Gasteiger partial charge >= 0.3 is 5.97 Å². The lowest BCUT2D eigenvalue weighted by Gasteiger charge is -2.39. The van der Waals surface area contributed by atoms with Crippen molar-refractivity contribution in [3.8, 4) is 0 Å². The zero-order valence-electron chi connectivity index (χ0n) is 45.9. The van der Waals surface area contributed by atoms with Gasteiger partial charge in [-0.2, -0.15) is 0 Å². The SMILES string of the molecule is CCCCCCCCCCCCCCCCCCCCCCCCCOCC(COC1OC(CO)C(O)C(O)C1O)OC(=O)CCCCCCCCCCCCCCCCCCCCCCCCC. The van der Waals surface area contributed by atoms with Gasteiger partial charge in [-0.25, -0.2) is 0 Å². The molecule has 1 rings (SSSR count). The maximum absolute atomic E-state index is 12.9. The van der Waals surface area contributed by atoms with Crippen molar-refractivity contribution >= 4 is 5.97 Å². The first-order valence-corrected chi connectivity index (χ1v) is 30.6. The Bertz CT molecular complexity index is 1030. The average Bonchev–Trinajstić information content (AvgIpc) is 3.35. The first-order chi connectivity index (χ1) is 33.9.